The number of aromatic nitrogens is 1. The minimum Gasteiger partial charge on any atom is -0.366 e. The Morgan fingerprint density at radius 2 is 2.00 bits per heavy atom. The lowest BCUT2D eigenvalue weighted by Gasteiger charge is -2.36. The summed E-state index contributed by atoms with van der Waals surface area (Å²) in [5.41, 5.74) is 1.42. The van der Waals surface area contributed by atoms with Crippen molar-refractivity contribution in [1.29, 1.82) is 0 Å². The molecule has 0 saturated carbocycles. The monoisotopic (exact) mass is 346 g/mol. The molecule has 0 unspecified atom stereocenters. The van der Waals surface area contributed by atoms with Gasteiger partial charge in [-0.3, -0.25) is 9.69 Å². The number of anilines is 1. The molecule has 1 aromatic carbocycles. The van der Waals surface area contributed by atoms with Gasteiger partial charge in [0.25, 0.3) is 0 Å². The van der Waals surface area contributed by atoms with Crippen LogP contribution in [0.3, 0.4) is 0 Å². The Morgan fingerprint density at radius 1 is 1.28 bits per heavy atom. The van der Waals surface area contributed by atoms with Crippen LogP contribution in [0.4, 0.5) is 10.1 Å². The number of carbonyl (C=O) groups is 1. The first-order valence-electron chi connectivity index (χ1n) is 8.41. The minimum atomic E-state index is -0.218. The maximum Gasteiger partial charge on any atom is 0.236 e. The maximum atomic E-state index is 13.9. The Kier molecular flexibility index (Phi) is 5.33. The first-order chi connectivity index (χ1) is 12.0. The summed E-state index contributed by atoms with van der Waals surface area (Å²) >= 11 is 0. The SMILES string of the molecule is Cc1cc(CN(C)CC(=O)N2CCN(c3ccccc3F)CC2)no1. The van der Waals surface area contributed by atoms with E-state index < -0.39 is 0 Å². The molecule has 1 saturated heterocycles. The zero-order valence-electron chi connectivity index (χ0n) is 14.6. The van der Waals surface area contributed by atoms with Crippen molar-refractivity contribution in [1.82, 2.24) is 15.0 Å². The van der Waals surface area contributed by atoms with Gasteiger partial charge in [0.1, 0.15) is 11.6 Å². The van der Waals surface area contributed by atoms with Gasteiger partial charge in [0, 0.05) is 38.8 Å². The van der Waals surface area contributed by atoms with Gasteiger partial charge in [-0.25, -0.2) is 4.39 Å². The van der Waals surface area contributed by atoms with E-state index in [4.69, 9.17) is 4.52 Å². The summed E-state index contributed by atoms with van der Waals surface area (Å²) in [7, 11) is 1.89. The van der Waals surface area contributed by atoms with Gasteiger partial charge < -0.3 is 14.3 Å². The number of piperazine rings is 1. The molecule has 0 atom stereocenters. The molecule has 0 aliphatic carbocycles. The van der Waals surface area contributed by atoms with E-state index in [-0.39, 0.29) is 11.7 Å². The maximum absolute atomic E-state index is 13.9. The molecule has 1 aliphatic heterocycles. The van der Waals surface area contributed by atoms with Gasteiger partial charge in [-0.05, 0) is 26.1 Å². The van der Waals surface area contributed by atoms with Crippen LogP contribution in [0.25, 0.3) is 0 Å². The van der Waals surface area contributed by atoms with Crippen LogP contribution >= 0.6 is 0 Å². The number of hydrogen-bond acceptors (Lipinski definition) is 5. The second kappa shape index (κ2) is 7.65. The lowest BCUT2D eigenvalue weighted by molar-refractivity contribution is -0.132. The number of carbonyl (C=O) groups excluding carboxylic acids is 1. The molecule has 3 rings (SSSR count). The van der Waals surface area contributed by atoms with Crippen molar-refractivity contribution in [3.63, 3.8) is 0 Å². The largest absolute Gasteiger partial charge is 0.366 e. The highest BCUT2D eigenvalue weighted by Gasteiger charge is 2.23. The molecule has 1 amide bonds. The van der Waals surface area contributed by atoms with E-state index in [1.807, 2.05) is 40.8 Å². The normalized spacial score (nSPS) is 15.0. The highest BCUT2D eigenvalue weighted by atomic mass is 19.1. The zero-order valence-corrected chi connectivity index (χ0v) is 14.6. The number of hydrogen-bond donors (Lipinski definition) is 0. The standard InChI is InChI=1S/C18H23FN4O2/c1-14-11-15(20-25-14)12-21(2)13-18(24)23-9-7-22(8-10-23)17-6-4-3-5-16(17)19/h3-6,11H,7-10,12-13H2,1-2H3. The molecule has 7 heteroatoms. The van der Waals surface area contributed by atoms with Crippen LogP contribution in [0.5, 0.6) is 0 Å². The number of likely N-dealkylation sites (N-methyl/N-ethyl adjacent to an activating group) is 1. The highest BCUT2D eigenvalue weighted by Crippen LogP contribution is 2.20. The number of amides is 1. The van der Waals surface area contributed by atoms with Crippen molar-refractivity contribution < 1.29 is 13.7 Å². The Bertz CT molecular complexity index is 725. The fraction of sp³-hybridized carbons (Fsp3) is 0.444. The Morgan fingerprint density at radius 3 is 2.64 bits per heavy atom. The van der Waals surface area contributed by atoms with Crippen molar-refractivity contribution in [3.8, 4) is 0 Å². The quantitative estimate of drug-likeness (QED) is 0.828. The zero-order chi connectivity index (χ0) is 17.8. The minimum absolute atomic E-state index is 0.0795. The first-order valence-corrected chi connectivity index (χ1v) is 8.41. The van der Waals surface area contributed by atoms with Crippen molar-refractivity contribution in [2.24, 2.45) is 0 Å². The van der Waals surface area contributed by atoms with Crippen LogP contribution in [0.2, 0.25) is 0 Å². The van der Waals surface area contributed by atoms with Crippen LogP contribution < -0.4 is 4.90 Å². The van der Waals surface area contributed by atoms with E-state index >= 15 is 0 Å². The Balaban J connectivity index is 1.49. The highest BCUT2D eigenvalue weighted by molar-refractivity contribution is 5.78. The van der Waals surface area contributed by atoms with Gasteiger partial charge in [0.05, 0.1) is 17.9 Å². The lowest BCUT2D eigenvalue weighted by atomic mass is 10.2. The summed E-state index contributed by atoms with van der Waals surface area (Å²) in [4.78, 5) is 18.2. The number of aryl methyl sites for hydroxylation is 1. The van der Waals surface area contributed by atoms with Crippen molar-refractivity contribution in [2.75, 3.05) is 44.7 Å². The summed E-state index contributed by atoms with van der Waals surface area (Å²) in [6.45, 7) is 5.21. The number of para-hydroxylation sites is 1. The van der Waals surface area contributed by atoms with Crippen molar-refractivity contribution in [3.05, 3.63) is 47.6 Å². The third-order valence-corrected chi connectivity index (χ3v) is 4.34. The van der Waals surface area contributed by atoms with E-state index in [9.17, 15) is 9.18 Å². The number of rotatable bonds is 5. The number of benzene rings is 1. The van der Waals surface area contributed by atoms with Crippen molar-refractivity contribution >= 4 is 11.6 Å². The second-order valence-corrected chi connectivity index (χ2v) is 6.42. The van der Waals surface area contributed by atoms with Crippen LogP contribution in [0, 0.1) is 12.7 Å². The van der Waals surface area contributed by atoms with Gasteiger partial charge in [-0.15, -0.1) is 0 Å². The van der Waals surface area contributed by atoms with E-state index in [1.54, 1.807) is 12.1 Å². The van der Waals surface area contributed by atoms with Gasteiger partial charge in [0.15, 0.2) is 0 Å². The molecule has 0 spiro atoms. The number of halogens is 1. The molecular weight excluding hydrogens is 323 g/mol. The predicted octanol–water partition coefficient (Wildman–Crippen LogP) is 1.90. The first kappa shape index (κ1) is 17.4. The third kappa shape index (κ3) is 4.36. The molecule has 0 N–H and O–H groups in total. The summed E-state index contributed by atoms with van der Waals surface area (Å²) in [5.74, 6) is 0.625. The second-order valence-electron chi connectivity index (χ2n) is 6.42. The molecule has 1 aliphatic rings. The molecule has 25 heavy (non-hydrogen) atoms. The Hall–Kier alpha value is -2.41. The summed E-state index contributed by atoms with van der Waals surface area (Å²) < 4.78 is 18.9. The summed E-state index contributed by atoms with van der Waals surface area (Å²) in [5, 5.41) is 3.94. The molecule has 1 fully saturated rings. The van der Waals surface area contributed by atoms with Crippen LogP contribution in [-0.4, -0.2) is 60.6 Å². The lowest BCUT2D eigenvalue weighted by Crippen LogP contribution is -2.51. The molecule has 0 radical (unpaired) electrons. The van der Waals surface area contributed by atoms with Crippen molar-refractivity contribution in [2.45, 2.75) is 13.5 Å². The average Bonchev–Trinajstić information content (AvgIpc) is 3.00. The van der Waals surface area contributed by atoms with Crippen LogP contribution in [0.15, 0.2) is 34.9 Å². The fourth-order valence-corrected chi connectivity index (χ4v) is 3.06. The van der Waals surface area contributed by atoms with E-state index in [1.165, 1.54) is 6.07 Å². The molecule has 6 nitrogen and oxygen atoms in total. The molecule has 0 bridgehead atoms. The predicted molar refractivity (Wildman–Crippen MR) is 92.8 cm³/mol. The van der Waals surface area contributed by atoms with Gasteiger partial charge in [-0.2, -0.15) is 0 Å². The van der Waals surface area contributed by atoms with E-state index in [0.29, 0.717) is 45.0 Å². The van der Waals surface area contributed by atoms with Gasteiger partial charge in [-0.1, -0.05) is 17.3 Å². The molecular formula is C18H23FN4O2. The smallest absolute Gasteiger partial charge is 0.236 e. The average molecular weight is 346 g/mol. The summed E-state index contributed by atoms with van der Waals surface area (Å²) in [6.07, 6.45) is 0. The molecule has 1 aromatic heterocycles. The van der Waals surface area contributed by atoms with Crippen LogP contribution in [-0.2, 0) is 11.3 Å². The fourth-order valence-electron chi connectivity index (χ4n) is 3.06. The molecule has 134 valence electrons. The number of nitrogens with zero attached hydrogens (tertiary/aromatic N) is 4. The molecule has 2 aromatic rings. The van der Waals surface area contributed by atoms with Gasteiger partial charge >= 0.3 is 0 Å². The van der Waals surface area contributed by atoms with E-state index in [0.717, 1.165) is 11.5 Å². The topological polar surface area (TPSA) is 52.8 Å². The molecule has 2 heterocycles. The summed E-state index contributed by atoms with van der Waals surface area (Å²) in [6, 6.07) is 8.63. The van der Waals surface area contributed by atoms with E-state index in [2.05, 4.69) is 5.16 Å². The van der Waals surface area contributed by atoms with Gasteiger partial charge in [0.2, 0.25) is 5.91 Å². The third-order valence-electron chi connectivity index (χ3n) is 4.34. The Labute approximate surface area is 146 Å². The van der Waals surface area contributed by atoms with Crippen LogP contribution in [0.1, 0.15) is 11.5 Å².